The van der Waals surface area contributed by atoms with Crippen LogP contribution in [-0.4, -0.2) is 14.5 Å². The van der Waals surface area contributed by atoms with Crippen molar-refractivity contribution in [2.45, 2.75) is 13.5 Å². The maximum absolute atomic E-state index is 11.6. The zero-order valence-corrected chi connectivity index (χ0v) is 9.91. The largest absolute Gasteiger partial charge is 0.359 e. The van der Waals surface area contributed by atoms with E-state index in [9.17, 15) is 4.79 Å². The van der Waals surface area contributed by atoms with Crippen molar-refractivity contribution in [3.63, 3.8) is 0 Å². The van der Waals surface area contributed by atoms with E-state index in [0.29, 0.717) is 12.4 Å². The van der Waals surface area contributed by atoms with Crippen molar-refractivity contribution in [3.8, 4) is 0 Å². The molecule has 0 aromatic carbocycles. The lowest BCUT2D eigenvalue weighted by molar-refractivity contribution is 0.838. The minimum Gasteiger partial charge on any atom is -0.359 e. The maximum Gasteiger partial charge on any atom is 0.293 e. The molecule has 2 aromatic heterocycles. The van der Waals surface area contributed by atoms with Crippen LogP contribution in [0.5, 0.6) is 0 Å². The van der Waals surface area contributed by atoms with Gasteiger partial charge in [0.1, 0.15) is 5.01 Å². The lowest BCUT2D eigenvalue weighted by atomic mass is 10.5. The van der Waals surface area contributed by atoms with Crippen molar-refractivity contribution < 1.29 is 0 Å². The van der Waals surface area contributed by atoms with Crippen LogP contribution < -0.4 is 10.9 Å². The molecule has 0 spiro atoms. The van der Waals surface area contributed by atoms with E-state index in [1.165, 1.54) is 4.57 Å². The Morgan fingerprint density at radius 2 is 2.38 bits per heavy atom. The first-order valence-electron chi connectivity index (χ1n) is 4.83. The fourth-order valence-corrected chi connectivity index (χ4v) is 1.97. The Bertz CT molecular complexity index is 546. The third-order valence-corrected chi connectivity index (χ3v) is 3.06. The van der Waals surface area contributed by atoms with Crippen molar-refractivity contribution in [1.82, 2.24) is 14.5 Å². The molecule has 0 aliphatic heterocycles. The van der Waals surface area contributed by atoms with E-state index >= 15 is 0 Å². The summed E-state index contributed by atoms with van der Waals surface area (Å²) in [6, 6.07) is 0. The molecule has 0 fully saturated rings. The van der Waals surface area contributed by atoms with Gasteiger partial charge in [-0.05, 0) is 6.92 Å². The van der Waals surface area contributed by atoms with Crippen LogP contribution in [0.2, 0.25) is 0 Å². The number of thiazole rings is 1. The number of hydrogen-bond donors (Lipinski definition) is 1. The second-order valence-corrected chi connectivity index (χ2v) is 4.37. The summed E-state index contributed by atoms with van der Waals surface area (Å²) in [5, 5.41) is 5.92. The van der Waals surface area contributed by atoms with Crippen LogP contribution in [0.4, 0.5) is 5.82 Å². The van der Waals surface area contributed by atoms with Crippen LogP contribution in [0, 0.1) is 6.92 Å². The summed E-state index contributed by atoms with van der Waals surface area (Å²) in [4.78, 5) is 19.9. The van der Waals surface area contributed by atoms with Gasteiger partial charge < -0.3 is 9.88 Å². The lowest BCUT2D eigenvalue weighted by Crippen LogP contribution is -2.21. The Balaban J connectivity index is 2.11. The molecule has 0 amide bonds. The number of aromatic nitrogens is 3. The number of rotatable bonds is 3. The van der Waals surface area contributed by atoms with Gasteiger partial charge in [-0.1, -0.05) is 0 Å². The normalized spacial score (nSPS) is 10.4. The van der Waals surface area contributed by atoms with Gasteiger partial charge in [0.25, 0.3) is 5.56 Å². The fraction of sp³-hybridized carbons (Fsp3) is 0.300. The number of aryl methyl sites for hydroxylation is 2. The van der Waals surface area contributed by atoms with Crippen molar-refractivity contribution in [3.05, 3.63) is 38.8 Å². The Morgan fingerprint density at radius 3 is 3.06 bits per heavy atom. The highest BCUT2D eigenvalue weighted by atomic mass is 32.1. The molecule has 1 N–H and O–H groups in total. The quantitative estimate of drug-likeness (QED) is 0.868. The summed E-state index contributed by atoms with van der Waals surface area (Å²) in [6.45, 7) is 2.48. The van der Waals surface area contributed by atoms with Gasteiger partial charge in [0.2, 0.25) is 0 Å². The fourth-order valence-electron chi connectivity index (χ4n) is 1.26. The summed E-state index contributed by atoms with van der Waals surface area (Å²) >= 11 is 1.57. The summed E-state index contributed by atoms with van der Waals surface area (Å²) < 4.78 is 1.49. The van der Waals surface area contributed by atoms with Crippen molar-refractivity contribution in [2.75, 3.05) is 5.32 Å². The van der Waals surface area contributed by atoms with Crippen LogP contribution in [0.3, 0.4) is 0 Å². The van der Waals surface area contributed by atoms with Gasteiger partial charge in [-0.15, -0.1) is 11.3 Å². The van der Waals surface area contributed by atoms with Gasteiger partial charge in [0.15, 0.2) is 5.82 Å². The number of nitrogens with one attached hydrogen (secondary N) is 1. The molecule has 0 aliphatic rings. The molecule has 0 atom stereocenters. The molecule has 2 rings (SSSR count). The van der Waals surface area contributed by atoms with Gasteiger partial charge in [-0.2, -0.15) is 0 Å². The predicted molar refractivity (Wildman–Crippen MR) is 63.7 cm³/mol. The van der Waals surface area contributed by atoms with E-state index in [2.05, 4.69) is 15.3 Å². The molecule has 2 aromatic rings. The second kappa shape index (κ2) is 4.44. The third kappa shape index (κ3) is 2.27. The monoisotopic (exact) mass is 236 g/mol. The molecule has 2 heterocycles. The predicted octanol–water partition coefficient (Wildman–Crippen LogP) is 1.16. The lowest BCUT2D eigenvalue weighted by Gasteiger charge is -2.03. The van der Waals surface area contributed by atoms with E-state index in [-0.39, 0.29) is 5.56 Å². The zero-order chi connectivity index (χ0) is 11.5. The molecule has 0 radical (unpaired) electrons. The molecule has 5 nitrogen and oxygen atoms in total. The summed E-state index contributed by atoms with van der Waals surface area (Å²) in [5.41, 5.74) is 0.867. The first-order valence-corrected chi connectivity index (χ1v) is 5.71. The van der Waals surface area contributed by atoms with Gasteiger partial charge in [0, 0.05) is 30.5 Å². The van der Waals surface area contributed by atoms with Crippen LogP contribution >= 0.6 is 11.3 Å². The smallest absolute Gasteiger partial charge is 0.293 e. The zero-order valence-electron chi connectivity index (χ0n) is 9.10. The topological polar surface area (TPSA) is 59.8 Å². The van der Waals surface area contributed by atoms with E-state index < -0.39 is 0 Å². The molecule has 0 unspecified atom stereocenters. The van der Waals surface area contributed by atoms with E-state index in [1.54, 1.807) is 30.8 Å². The first kappa shape index (κ1) is 10.8. The minimum absolute atomic E-state index is 0.129. The van der Waals surface area contributed by atoms with Crippen LogP contribution in [0.1, 0.15) is 10.7 Å². The standard InChI is InChI=1S/C10H12N4OS/c1-7-6-16-8(13-7)5-12-9-10(15)14(2)4-3-11-9/h3-4,6H,5H2,1-2H3,(H,11,12). The van der Waals surface area contributed by atoms with Crippen LogP contribution in [0.25, 0.3) is 0 Å². The van der Waals surface area contributed by atoms with E-state index in [1.807, 2.05) is 12.3 Å². The Morgan fingerprint density at radius 1 is 1.56 bits per heavy atom. The molecule has 84 valence electrons. The third-order valence-electron chi connectivity index (χ3n) is 2.09. The molecular formula is C10H12N4OS. The van der Waals surface area contributed by atoms with Crippen LogP contribution in [0.15, 0.2) is 22.6 Å². The van der Waals surface area contributed by atoms with Crippen molar-refractivity contribution in [1.29, 1.82) is 0 Å². The SMILES string of the molecule is Cc1csc(CNc2nccn(C)c2=O)n1. The molecule has 0 saturated carbocycles. The highest BCUT2D eigenvalue weighted by Gasteiger charge is 2.03. The van der Waals surface area contributed by atoms with Gasteiger partial charge in [-0.25, -0.2) is 9.97 Å². The molecule has 0 aliphatic carbocycles. The Labute approximate surface area is 96.8 Å². The summed E-state index contributed by atoms with van der Waals surface area (Å²) in [5.74, 6) is 0.359. The summed E-state index contributed by atoms with van der Waals surface area (Å²) in [6.07, 6.45) is 3.22. The first-order chi connectivity index (χ1) is 7.66. The number of hydrogen-bond acceptors (Lipinski definition) is 5. The minimum atomic E-state index is -0.129. The molecule has 6 heteroatoms. The average molecular weight is 236 g/mol. The second-order valence-electron chi connectivity index (χ2n) is 3.43. The average Bonchev–Trinajstić information content (AvgIpc) is 2.67. The summed E-state index contributed by atoms with van der Waals surface area (Å²) in [7, 11) is 1.70. The van der Waals surface area contributed by atoms with Crippen molar-refractivity contribution in [2.24, 2.45) is 7.05 Å². The maximum atomic E-state index is 11.6. The van der Waals surface area contributed by atoms with Crippen LogP contribution in [-0.2, 0) is 13.6 Å². The van der Waals surface area contributed by atoms with E-state index in [4.69, 9.17) is 0 Å². The Kier molecular flexibility index (Phi) is 3.00. The highest BCUT2D eigenvalue weighted by Crippen LogP contribution is 2.09. The van der Waals surface area contributed by atoms with Gasteiger partial charge >= 0.3 is 0 Å². The number of anilines is 1. The highest BCUT2D eigenvalue weighted by molar-refractivity contribution is 7.09. The molecular weight excluding hydrogens is 224 g/mol. The van der Waals surface area contributed by atoms with Gasteiger partial charge in [0.05, 0.1) is 6.54 Å². The molecule has 0 saturated heterocycles. The van der Waals surface area contributed by atoms with Crippen molar-refractivity contribution >= 4 is 17.2 Å². The molecule has 16 heavy (non-hydrogen) atoms. The Hall–Kier alpha value is -1.69. The number of nitrogens with zero attached hydrogens (tertiary/aromatic N) is 3. The molecule has 0 bridgehead atoms. The van der Waals surface area contributed by atoms with Gasteiger partial charge in [-0.3, -0.25) is 4.79 Å². The van der Waals surface area contributed by atoms with E-state index in [0.717, 1.165) is 10.7 Å².